The van der Waals surface area contributed by atoms with E-state index in [-0.39, 0.29) is 5.91 Å². The molecule has 2 heterocycles. The van der Waals surface area contributed by atoms with Crippen LogP contribution < -0.4 is 14.4 Å². The first-order valence-electron chi connectivity index (χ1n) is 10.7. The first-order valence-corrected chi connectivity index (χ1v) is 12.3. The van der Waals surface area contributed by atoms with Crippen LogP contribution in [-0.4, -0.2) is 43.3 Å². The Labute approximate surface area is 197 Å². The Morgan fingerprint density at radius 2 is 1.66 bits per heavy atom. The summed E-state index contributed by atoms with van der Waals surface area (Å²) >= 11 is 3.10. The van der Waals surface area contributed by atoms with E-state index in [0.29, 0.717) is 6.54 Å². The number of ether oxygens (including phenoxy) is 2. The molecular formula is C24H27N3O3S2. The molecule has 32 heavy (non-hydrogen) atoms. The minimum atomic E-state index is 0.0245. The first kappa shape index (κ1) is 22.6. The average molecular weight is 470 g/mol. The van der Waals surface area contributed by atoms with Crippen molar-refractivity contribution in [3.63, 3.8) is 0 Å². The largest absolute Gasteiger partial charge is 0.497 e. The van der Waals surface area contributed by atoms with E-state index >= 15 is 0 Å². The lowest BCUT2D eigenvalue weighted by atomic mass is 10.2. The molecule has 0 unspecified atom stereocenters. The fraction of sp³-hybridized carbons (Fsp3) is 0.333. The number of hydrogen-bond donors (Lipinski definition) is 0. The van der Waals surface area contributed by atoms with Gasteiger partial charge in [-0.15, -0.1) is 0 Å². The highest BCUT2D eigenvalue weighted by Crippen LogP contribution is 2.51. The third-order valence-electron chi connectivity index (χ3n) is 5.32. The van der Waals surface area contributed by atoms with Crippen LogP contribution in [0.4, 0.5) is 11.4 Å². The summed E-state index contributed by atoms with van der Waals surface area (Å²) in [5.41, 5.74) is 1.88. The maximum Gasteiger partial charge on any atom is 0.269 e. The monoisotopic (exact) mass is 469 g/mol. The number of unbranched alkanes of at least 4 members (excludes halogenated alkanes) is 1. The van der Waals surface area contributed by atoms with Crippen molar-refractivity contribution in [1.82, 2.24) is 4.90 Å². The number of amides is 1. The molecule has 2 aromatic carbocycles. The van der Waals surface area contributed by atoms with Crippen LogP contribution in [0.25, 0.3) is 0 Å². The van der Waals surface area contributed by atoms with Crippen LogP contribution in [-0.2, 0) is 4.79 Å². The highest BCUT2D eigenvalue weighted by atomic mass is 32.2. The zero-order chi connectivity index (χ0) is 22.7. The lowest BCUT2D eigenvalue weighted by Gasteiger charge is -2.19. The molecule has 1 amide bonds. The number of anilines is 1. The summed E-state index contributed by atoms with van der Waals surface area (Å²) in [6.45, 7) is 5.65. The second-order valence-electron chi connectivity index (χ2n) is 7.32. The summed E-state index contributed by atoms with van der Waals surface area (Å²) in [6.07, 6.45) is 1.94. The Kier molecular flexibility index (Phi) is 7.01. The summed E-state index contributed by atoms with van der Waals surface area (Å²) in [5, 5.41) is 1.69. The van der Waals surface area contributed by atoms with Gasteiger partial charge in [-0.1, -0.05) is 25.1 Å². The van der Waals surface area contributed by atoms with Gasteiger partial charge in [-0.25, -0.2) is 4.99 Å². The first-order chi connectivity index (χ1) is 15.6. The number of nitrogens with zero attached hydrogens (tertiary/aromatic N) is 3. The van der Waals surface area contributed by atoms with Gasteiger partial charge in [0.1, 0.15) is 21.4 Å². The number of hydrogen-bond acceptors (Lipinski definition) is 7. The van der Waals surface area contributed by atoms with Crippen LogP contribution in [0.2, 0.25) is 0 Å². The van der Waals surface area contributed by atoms with Crippen molar-refractivity contribution in [2.75, 3.05) is 32.2 Å². The smallest absolute Gasteiger partial charge is 0.269 e. The van der Waals surface area contributed by atoms with Crippen LogP contribution in [0.15, 0.2) is 62.3 Å². The van der Waals surface area contributed by atoms with Gasteiger partial charge in [0.2, 0.25) is 0 Å². The fourth-order valence-electron chi connectivity index (χ4n) is 3.57. The van der Waals surface area contributed by atoms with Crippen molar-refractivity contribution in [3.8, 4) is 11.5 Å². The molecule has 2 aliphatic rings. The van der Waals surface area contributed by atoms with Gasteiger partial charge >= 0.3 is 0 Å². The maximum atomic E-state index is 13.5. The highest BCUT2D eigenvalue weighted by Gasteiger charge is 2.39. The lowest BCUT2D eigenvalue weighted by Crippen LogP contribution is -2.30. The van der Waals surface area contributed by atoms with Crippen molar-refractivity contribution in [3.05, 3.63) is 52.4 Å². The zero-order valence-electron chi connectivity index (χ0n) is 18.8. The second kappa shape index (κ2) is 9.92. The topological polar surface area (TPSA) is 54.4 Å². The molecule has 1 fully saturated rings. The number of amidine groups is 1. The van der Waals surface area contributed by atoms with Gasteiger partial charge in [0.25, 0.3) is 5.91 Å². The van der Waals surface area contributed by atoms with Crippen LogP contribution in [0.1, 0.15) is 26.7 Å². The van der Waals surface area contributed by atoms with Crippen LogP contribution in [0.3, 0.4) is 0 Å². The molecule has 168 valence electrons. The molecule has 0 atom stereocenters. The summed E-state index contributed by atoms with van der Waals surface area (Å²) in [4.78, 5) is 24.2. The van der Waals surface area contributed by atoms with Crippen molar-refractivity contribution < 1.29 is 14.3 Å². The number of carbonyl (C=O) groups excluding carboxylic acids is 1. The Bertz CT molecular complexity index is 1070. The quantitative estimate of drug-likeness (QED) is 0.473. The molecule has 0 bridgehead atoms. The third kappa shape index (κ3) is 4.34. The van der Waals surface area contributed by atoms with Crippen LogP contribution in [0.5, 0.6) is 11.5 Å². The molecule has 0 aliphatic carbocycles. The van der Waals surface area contributed by atoms with Gasteiger partial charge in [-0.05, 0) is 61.5 Å². The minimum absolute atomic E-state index is 0.0245. The molecule has 1 saturated heterocycles. The predicted molar refractivity (Wildman–Crippen MR) is 133 cm³/mol. The molecule has 8 heteroatoms. The van der Waals surface area contributed by atoms with Crippen LogP contribution in [0, 0.1) is 0 Å². The Morgan fingerprint density at radius 1 is 0.938 bits per heavy atom. The number of aliphatic imine (C=N–C) groups is 1. The molecule has 2 aliphatic heterocycles. The zero-order valence-corrected chi connectivity index (χ0v) is 20.4. The number of fused-ring (bicyclic) bond motifs is 1. The van der Waals surface area contributed by atoms with E-state index in [1.54, 1.807) is 26.0 Å². The molecule has 0 aromatic heterocycles. The normalized spacial score (nSPS) is 19.1. The summed E-state index contributed by atoms with van der Waals surface area (Å²) in [6, 6.07) is 13.6. The standard InChI is InChI=1S/C24H27N3O3S2/c1-5-7-14-27-22(28)21(32-24(27)25-16-8-10-17(29-3)11-9-16)23-26(6-2)19-15-18(30-4)12-13-20(19)31-23/h8-13,15H,5-7,14H2,1-4H3. The summed E-state index contributed by atoms with van der Waals surface area (Å²) in [5.74, 6) is 1.62. The SMILES string of the molecule is CCCCN1C(=O)C(=C2Sc3ccc(OC)cc3N2CC)SC1=Nc1ccc(OC)cc1. The van der Waals surface area contributed by atoms with E-state index in [1.165, 1.54) is 11.8 Å². The number of methoxy groups -OCH3 is 2. The maximum absolute atomic E-state index is 13.5. The Morgan fingerprint density at radius 3 is 2.31 bits per heavy atom. The molecule has 0 N–H and O–H groups in total. The van der Waals surface area contributed by atoms with E-state index in [4.69, 9.17) is 14.5 Å². The molecule has 0 radical (unpaired) electrons. The molecule has 2 aromatic rings. The van der Waals surface area contributed by atoms with Gasteiger partial charge in [0.15, 0.2) is 5.17 Å². The number of benzene rings is 2. The van der Waals surface area contributed by atoms with E-state index in [1.807, 2.05) is 41.3 Å². The lowest BCUT2D eigenvalue weighted by molar-refractivity contribution is -0.122. The van der Waals surface area contributed by atoms with Gasteiger partial charge < -0.3 is 14.4 Å². The van der Waals surface area contributed by atoms with Crippen molar-refractivity contribution in [2.24, 2.45) is 4.99 Å². The summed E-state index contributed by atoms with van der Waals surface area (Å²) < 4.78 is 10.7. The molecule has 4 rings (SSSR count). The minimum Gasteiger partial charge on any atom is -0.497 e. The average Bonchev–Trinajstić information content (AvgIpc) is 3.34. The summed E-state index contributed by atoms with van der Waals surface area (Å²) in [7, 11) is 3.31. The third-order valence-corrected chi connectivity index (χ3v) is 7.69. The van der Waals surface area contributed by atoms with Crippen molar-refractivity contribution in [1.29, 1.82) is 0 Å². The number of carbonyl (C=O) groups is 1. The Hall–Kier alpha value is -2.58. The van der Waals surface area contributed by atoms with Gasteiger partial charge in [0.05, 0.1) is 25.6 Å². The number of thioether (sulfide) groups is 2. The van der Waals surface area contributed by atoms with E-state index < -0.39 is 0 Å². The number of rotatable bonds is 7. The van der Waals surface area contributed by atoms with E-state index in [2.05, 4.69) is 24.8 Å². The fourth-order valence-corrected chi connectivity index (χ4v) is 5.97. The van der Waals surface area contributed by atoms with Gasteiger partial charge in [-0.3, -0.25) is 9.69 Å². The van der Waals surface area contributed by atoms with Crippen molar-refractivity contribution in [2.45, 2.75) is 31.6 Å². The predicted octanol–water partition coefficient (Wildman–Crippen LogP) is 5.87. The second-order valence-corrected chi connectivity index (χ2v) is 9.33. The van der Waals surface area contributed by atoms with Gasteiger partial charge in [0, 0.05) is 24.1 Å². The van der Waals surface area contributed by atoms with Crippen LogP contribution >= 0.6 is 23.5 Å². The van der Waals surface area contributed by atoms with Gasteiger partial charge in [-0.2, -0.15) is 0 Å². The Balaban J connectivity index is 1.72. The van der Waals surface area contributed by atoms with Crippen molar-refractivity contribution >= 4 is 46.0 Å². The highest BCUT2D eigenvalue weighted by molar-refractivity contribution is 8.19. The molecule has 0 saturated carbocycles. The van der Waals surface area contributed by atoms with E-state index in [0.717, 1.165) is 62.3 Å². The molecule has 0 spiro atoms. The molecular weight excluding hydrogens is 442 g/mol. The molecule has 6 nitrogen and oxygen atoms in total. The van der Waals surface area contributed by atoms with E-state index in [9.17, 15) is 4.79 Å².